The monoisotopic (exact) mass is 307 g/mol. The molecule has 1 aromatic carbocycles. The third kappa shape index (κ3) is 3.24. The number of anilines is 1. The van der Waals surface area contributed by atoms with Crippen LogP contribution in [0.5, 0.6) is 0 Å². The zero-order chi connectivity index (χ0) is 14.8. The molecule has 0 fully saturated rings. The smallest absolute Gasteiger partial charge is 0.381 e. The van der Waals surface area contributed by atoms with Gasteiger partial charge >= 0.3 is 15.6 Å². The Morgan fingerprint density at radius 3 is 2.30 bits per heavy atom. The Labute approximate surface area is 114 Å². The van der Waals surface area contributed by atoms with Gasteiger partial charge in [-0.2, -0.15) is 21.6 Å². The highest BCUT2D eigenvalue weighted by molar-refractivity contribution is 7.87. The molecule has 0 unspecified atom stereocenters. The topological polar surface area (TPSA) is 46.6 Å². The van der Waals surface area contributed by atoms with Gasteiger partial charge in [0.25, 0.3) is 0 Å². The van der Waals surface area contributed by atoms with Gasteiger partial charge in [0.15, 0.2) is 0 Å². The predicted octanol–water partition coefficient (Wildman–Crippen LogP) is 2.65. The van der Waals surface area contributed by atoms with Gasteiger partial charge < -0.3 is 9.08 Å². The molecule has 1 aliphatic heterocycles. The Hall–Kier alpha value is -1.70. The van der Waals surface area contributed by atoms with Crippen molar-refractivity contribution in [3.8, 4) is 0 Å². The molecule has 0 atom stereocenters. The lowest BCUT2D eigenvalue weighted by molar-refractivity contribution is -0.0523. The lowest BCUT2D eigenvalue weighted by Gasteiger charge is -2.28. The second-order valence-corrected chi connectivity index (χ2v) is 5.72. The van der Waals surface area contributed by atoms with Crippen LogP contribution in [0.3, 0.4) is 0 Å². The van der Waals surface area contributed by atoms with E-state index >= 15 is 0 Å². The van der Waals surface area contributed by atoms with E-state index in [0.29, 0.717) is 13.1 Å². The highest BCUT2D eigenvalue weighted by atomic mass is 32.2. The van der Waals surface area contributed by atoms with Crippen molar-refractivity contribution in [3.63, 3.8) is 0 Å². The van der Waals surface area contributed by atoms with Gasteiger partial charge in [-0.05, 0) is 18.2 Å². The Kier molecular flexibility index (Phi) is 3.94. The summed E-state index contributed by atoms with van der Waals surface area (Å²) in [5.74, 6) is -0.172. The van der Waals surface area contributed by atoms with Gasteiger partial charge in [0.1, 0.15) is 5.76 Å². The largest absolute Gasteiger partial charge is 0.534 e. The summed E-state index contributed by atoms with van der Waals surface area (Å²) in [5, 5.41) is 0. The quantitative estimate of drug-likeness (QED) is 0.636. The minimum atomic E-state index is -5.57. The maximum atomic E-state index is 12.2. The molecule has 0 saturated heterocycles. The number of halogens is 3. The summed E-state index contributed by atoms with van der Waals surface area (Å²) in [5.41, 5.74) is -4.48. The van der Waals surface area contributed by atoms with Crippen molar-refractivity contribution in [2.24, 2.45) is 0 Å². The average molecular weight is 307 g/mol. The normalized spacial score (nSPS) is 16.8. The van der Waals surface area contributed by atoms with Gasteiger partial charge in [0.05, 0.1) is 0 Å². The Balaban J connectivity index is 2.04. The van der Waals surface area contributed by atoms with Crippen molar-refractivity contribution in [1.82, 2.24) is 0 Å². The maximum Gasteiger partial charge on any atom is 0.534 e. The third-order valence-corrected chi connectivity index (χ3v) is 3.79. The van der Waals surface area contributed by atoms with E-state index in [2.05, 4.69) is 4.18 Å². The summed E-state index contributed by atoms with van der Waals surface area (Å²) in [6.07, 6.45) is 1.45. The van der Waals surface area contributed by atoms with Gasteiger partial charge in [-0.1, -0.05) is 18.2 Å². The number of para-hydroxylation sites is 1. The molecule has 1 aliphatic rings. The zero-order valence-corrected chi connectivity index (χ0v) is 11.1. The number of rotatable bonds is 3. The minimum Gasteiger partial charge on any atom is -0.381 e. The van der Waals surface area contributed by atoms with Crippen molar-refractivity contribution >= 4 is 15.8 Å². The Bertz CT molecular complexity index is 596. The molecule has 0 aliphatic carbocycles. The van der Waals surface area contributed by atoms with E-state index in [9.17, 15) is 21.6 Å². The maximum absolute atomic E-state index is 12.2. The van der Waals surface area contributed by atoms with E-state index in [1.807, 2.05) is 35.2 Å². The fraction of sp³-hybridized carbons (Fsp3) is 0.333. The molecule has 0 saturated carbocycles. The van der Waals surface area contributed by atoms with Crippen LogP contribution >= 0.6 is 0 Å². The molecule has 0 aromatic heterocycles. The third-order valence-electron chi connectivity index (χ3n) is 2.79. The van der Waals surface area contributed by atoms with Crippen molar-refractivity contribution < 1.29 is 25.8 Å². The molecule has 0 N–H and O–H groups in total. The predicted molar refractivity (Wildman–Crippen MR) is 67.4 cm³/mol. The Morgan fingerprint density at radius 1 is 1.15 bits per heavy atom. The summed E-state index contributed by atoms with van der Waals surface area (Å²) in [4.78, 5) is 1.91. The summed E-state index contributed by atoms with van der Waals surface area (Å²) >= 11 is 0. The molecule has 110 valence electrons. The van der Waals surface area contributed by atoms with Crippen LogP contribution < -0.4 is 4.90 Å². The van der Waals surface area contributed by atoms with E-state index in [4.69, 9.17) is 0 Å². The lowest BCUT2D eigenvalue weighted by Crippen LogP contribution is -2.31. The van der Waals surface area contributed by atoms with Gasteiger partial charge in [0, 0.05) is 25.2 Å². The second-order valence-electron chi connectivity index (χ2n) is 4.19. The molecule has 1 heterocycles. The van der Waals surface area contributed by atoms with E-state index < -0.39 is 15.6 Å². The van der Waals surface area contributed by atoms with E-state index in [0.717, 1.165) is 5.69 Å². The summed E-state index contributed by atoms with van der Waals surface area (Å²) in [6.45, 7) is 0.690. The van der Waals surface area contributed by atoms with Crippen LogP contribution in [0.1, 0.15) is 6.42 Å². The molecule has 0 spiro atoms. The standard InChI is InChI=1S/C12H12F3NO3S/c13-12(14,15)20(17,18)19-11-6-8-16(9-7-11)10-4-2-1-3-5-10/h1-6H,7-9H2. The average Bonchev–Trinajstić information content (AvgIpc) is 2.39. The SMILES string of the molecule is O=S(=O)(OC1=CCN(c2ccccc2)CC1)C(F)(F)F. The van der Waals surface area contributed by atoms with E-state index in [1.54, 1.807) is 0 Å². The first kappa shape index (κ1) is 14.7. The number of benzene rings is 1. The molecular weight excluding hydrogens is 295 g/mol. The van der Waals surface area contributed by atoms with Gasteiger partial charge in [0.2, 0.25) is 0 Å². The molecule has 1 aromatic rings. The molecule has 20 heavy (non-hydrogen) atoms. The number of nitrogens with zero attached hydrogens (tertiary/aromatic N) is 1. The fourth-order valence-electron chi connectivity index (χ4n) is 1.79. The van der Waals surface area contributed by atoms with Gasteiger partial charge in [-0.15, -0.1) is 0 Å². The molecule has 0 radical (unpaired) electrons. The van der Waals surface area contributed by atoms with Crippen LogP contribution in [0.25, 0.3) is 0 Å². The van der Waals surface area contributed by atoms with E-state index in [-0.39, 0.29) is 12.2 Å². The summed E-state index contributed by atoms with van der Waals surface area (Å²) < 4.78 is 62.4. The fourth-order valence-corrected chi connectivity index (χ4v) is 2.32. The first-order valence-electron chi connectivity index (χ1n) is 5.79. The zero-order valence-electron chi connectivity index (χ0n) is 10.3. The van der Waals surface area contributed by atoms with E-state index in [1.165, 1.54) is 6.08 Å². The molecule has 2 rings (SSSR count). The highest BCUT2D eigenvalue weighted by Crippen LogP contribution is 2.28. The molecule has 0 amide bonds. The second kappa shape index (κ2) is 5.35. The van der Waals surface area contributed by atoms with Crippen LogP contribution in [-0.4, -0.2) is 27.0 Å². The van der Waals surface area contributed by atoms with Crippen molar-refractivity contribution in [1.29, 1.82) is 0 Å². The number of hydrogen-bond donors (Lipinski definition) is 0. The Morgan fingerprint density at radius 2 is 1.80 bits per heavy atom. The summed E-state index contributed by atoms with van der Waals surface area (Å²) in [6, 6.07) is 9.28. The van der Waals surface area contributed by atoms with Gasteiger partial charge in [-0.3, -0.25) is 0 Å². The van der Waals surface area contributed by atoms with Crippen molar-refractivity contribution in [2.75, 3.05) is 18.0 Å². The number of hydrogen-bond acceptors (Lipinski definition) is 4. The lowest BCUT2D eigenvalue weighted by atomic mass is 10.2. The molecular formula is C12H12F3NO3S. The van der Waals surface area contributed by atoms with Crippen LogP contribution in [0.15, 0.2) is 42.2 Å². The van der Waals surface area contributed by atoms with Crippen LogP contribution in [0.4, 0.5) is 18.9 Å². The van der Waals surface area contributed by atoms with Crippen LogP contribution in [0.2, 0.25) is 0 Å². The van der Waals surface area contributed by atoms with Crippen LogP contribution in [-0.2, 0) is 14.3 Å². The number of alkyl halides is 3. The molecule has 0 bridgehead atoms. The van der Waals surface area contributed by atoms with Crippen molar-refractivity contribution in [3.05, 3.63) is 42.2 Å². The van der Waals surface area contributed by atoms with Crippen molar-refractivity contribution in [2.45, 2.75) is 11.9 Å². The first-order chi connectivity index (χ1) is 9.29. The highest BCUT2D eigenvalue weighted by Gasteiger charge is 2.48. The van der Waals surface area contributed by atoms with Gasteiger partial charge in [-0.25, -0.2) is 0 Å². The minimum absolute atomic E-state index is 0.101. The molecule has 8 heteroatoms. The summed E-state index contributed by atoms with van der Waals surface area (Å²) in [7, 11) is -5.57. The molecule has 4 nitrogen and oxygen atoms in total. The first-order valence-corrected chi connectivity index (χ1v) is 7.20. The van der Waals surface area contributed by atoms with Crippen LogP contribution in [0, 0.1) is 0 Å².